The number of amides is 2. The standard InChI is InChI=1S/C52H84N2O22/c1-27-37(8)39(10,53-28(2)57)35(6,71-49(27,21-55)41(37,12)63)25-68-24-34(5)46(17)44(15,66)48(19,76-52(34,74-46)32(61)62)70-30-38(9)40(11,54-29(3)58)36(7,72-50(30,22-56)42(38,13)64)26-69-23-33(4)45(16)43(14,65)47(18,67-20)75-51(33,73-45)31(59)60/h27,30,55-56,63-66H,21-26H2,1-20H3,(H,53,57)(H,54,58)(H,59,60)(H,61,62)/t27-,30-,33-,34-,35-,36-,37-,38-,39?,40?,41-,42-,43?,44?,45+,46+,47+,48+,49?,50?,51?,52?/m0/s1. The Balaban J connectivity index is 1.11. The summed E-state index contributed by atoms with van der Waals surface area (Å²) in [5, 5.41) is 99.7. The zero-order chi connectivity index (χ0) is 58.2. The Bertz CT molecular complexity index is 2530. The van der Waals surface area contributed by atoms with Gasteiger partial charge < -0.3 is 98.9 Å². The molecule has 24 heteroatoms. The molecule has 10 saturated heterocycles. The molecule has 12 aliphatic rings. The summed E-state index contributed by atoms with van der Waals surface area (Å²) in [5.41, 5.74) is -27.9. The van der Waals surface area contributed by atoms with E-state index >= 15 is 0 Å². The third-order valence-corrected chi connectivity index (χ3v) is 23.9. The number of ether oxygens (including phenoxy) is 10. The van der Waals surface area contributed by atoms with Gasteiger partial charge in [0.15, 0.2) is 0 Å². The second kappa shape index (κ2) is 15.6. The number of rotatable bonds is 17. The van der Waals surface area contributed by atoms with E-state index in [1.165, 1.54) is 83.3 Å². The van der Waals surface area contributed by atoms with Gasteiger partial charge in [-0.25, -0.2) is 9.59 Å². The third kappa shape index (κ3) is 5.48. The van der Waals surface area contributed by atoms with Gasteiger partial charge in [0.1, 0.15) is 62.1 Å². The zero-order valence-corrected chi connectivity index (χ0v) is 47.7. The van der Waals surface area contributed by atoms with Crippen molar-refractivity contribution >= 4 is 23.8 Å². The Morgan fingerprint density at radius 1 is 0.500 bits per heavy atom. The molecule has 24 nitrogen and oxygen atoms in total. The molecular formula is C52H84N2O22. The van der Waals surface area contributed by atoms with Gasteiger partial charge in [0.05, 0.1) is 67.0 Å². The molecular weight excluding hydrogens is 1000 g/mol. The average molecular weight is 1090 g/mol. The second-order valence-corrected chi connectivity index (χ2v) is 26.4. The number of hydrogen-bond donors (Lipinski definition) is 10. The Kier molecular flexibility index (Phi) is 12.2. The molecule has 10 heterocycles. The molecule has 2 aliphatic carbocycles. The number of carboxylic acids is 2. The van der Waals surface area contributed by atoms with Gasteiger partial charge in [-0.3, -0.25) is 9.59 Å². The number of carbonyl (C=O) groups is 4. The Morgan fingerprint density at radius 2 is 0.855 bits per heavy atom. The molecule has 8 unspecified atom stereocenters. The van der Waals surface area contributed by atoms with E-state index < -0.39 is 181 Å². The van der Waals surface area contributed by atoms with Crippen LogP contribution in [0.3, 0.4) is 0 Å². The first-order chi connectivity index (χ1) is 34.1. The van der Waals surface area contributed by atoms with Crippen LogP contribution in [0.1, 0.15) is 132 Å². The fourth-order valence-electron chi connectivity index (χ4n) is 16.8. The lowest BCUT2D eigenvalue weighted by Crippen LogP contribution is -3.01. The van der Waals surface area contributed by atoms with Gasteiger partial charge in [0, 0.05) is 32.3 Å². The number of carboxylic acid groups (broad SMARTS) is 2. The minimum absolute atomic E-state index is 0.341. The van der Waals surface area contributed by atoms with Gasteiger partial charge >= 0.3 is 11.9 Å². The molecule has 22 atom stereocenters. The van der Waals surface area contributed by atoms with E-state index in [2.05, 4.69) is 10.6 Å². The minimum Gasteiger partial charge on any atom is -0.477 e. The summed E-state index contributed by atoms with van der Waals surface area (Å²) in [7, 11) is 1.26. The minimum atomic E-state index is -2.63. The van der Waals surface area contributed by atoms with Crippen molar-refractivity contribution < 1.29 is 107 Å². The lowest BCUT2D eigenvalue weighted by molar-refractivity contribution is -0.602. The molecule has 10 N–H and O–H groups in total. The van der Waals surface area contributed by atoms with Crippen molar-refractivity contribution in [2.75, 3.05) is 46.8 Å². The topological polar surface area (TPSA) is 346 Å². The van der Waals surface area contributed by atoms with Crippen molar-refractivity contribution in [2.45, 2.75) is 228 Å². The van der Waals surface area contributed by atoms with Gasteiger partial charge in [0.25, 0.3) is 11.6 Å². The molecule has 2 amide bonds. The molecule has 12 fully saturated rings. The van der Waals surface area contributed by atoms with E-state index in [1.807, 2.05) is 6.92 Å². The molecule has 8 bridgehead atoms. The molecule has 0 radical (unpaired) electrons. The van der Waals surface area contributed by atoms with Crippen LogP contribution in [0.5, 0.6) is 0 Å². The van der Waals surface area contributed by atoms with Crippen molar-refractivity contribution in [1.29, 1.82) is 0 Å². The monoisotopic (exact) mass is 1090 g/mol. The van der Waals surface area contributed by atoms with Crippen molar-refractivity contribution in [1.82, 2.24) is 10.6 Å². The van der Waals surface area contributed by atoms with Crippen molar-refractivity contribution in [3.05, 3.63) is 0 Å². The fourth-order valence-corrected chi connectivity index (χ4v) is 16.8. The molecule has 0 spiro atoms. The van der Waals surface area contributed by atoms with Crippen molar-refractivity contribution in [2.24, 2.45) is 27.6 Å². The SMILES string of the molecule is CO[C@]1(C)OC2(C(=O)O)O[C@@](C)(C1(C)O)[C@]2(C)COC[C@]1(C)OC2(CO)[C@@H](O[C@]3(C)OC4(C(=O)O)O[C@@](C)(C3(C)O)[C@]4(C)COC[C@]3(C)OC4(CO)[C@@H](C)[C@@](C)(C3(C)NC(C)=O)[C@]4(C)O)[C@@](C)(C1(C)NC(C)=O)[C@]2(C)O. The molecule has 0 aromatic heterocycles. The quantitative estimate of drug-likeness (QED) is 0.0930. The molecule has 2 saturated carbocycles. The van der Waals surface area contributed by atoms with Crippen LogP contribution in [0.2, 0.25) is 0 Å². The summed E-state index contributed by atoms with van der Waals surface area (Å²) in [6.07, 6.45) is -1.56. The number of aliphatic carboxylic acids is 2. The summed E-state index contributed by atoms with van der Waals surface area (Å²) < 4.78 is 63.5. The first kappa shape index (κ1) is 59.4. The summed E-state index contributed by atoms with van der Waals surface area (Å²) in [6.45, 7) is 25.2. The lowest BCUT2D eigenvalue weighted by Gasteiger charge is -2.83. The van der Waals surface area contributed by atoms with Gasteiger partial charge in [-0.1, -0.05) is 20.8 Å². The summed E-state index contributed by atoms with van der Waals surface area (Å²) >= 11 is 0. The Morgan fingerprint density at radius 3 is 1.21 bits per heavy atom. The van der Waals surface area contributed by atoms with Crippen LogP contribution in [0.15, 0.2) is 0 Å². The second-order valence-electron chi connectivity index (χ2n) is 26.4. The summed E-state index contributed by atoms with van der Waals surface area (Å²) in [6, 6.07) is 0. The van der Waals surface area contributed by atoms with Crippen LogP contribution in [0, 0.1) is 27.6 Å². The van der Waals surface area contributed by atoms with E-state index in [1.54, 1.807) is 48.5 Å². The van der Waals surface area contributed by atoms with E-state index in [9.17, 15) is 60.0 Å². The van der Waals surface area contributed by atoms with Crippen LogP contribution >= 0.6 is 0 Å². The Hall–Kier alpha value is -2.76. The third-order valence-electron chi connectivity index (χ3n) is 23.9. The summed E-state index contributed by atoms with van der Waals surface area (Å²) in [5.74, 6) is -13.9. The molecule has 10 aliphatic heterocycles. The van der Waals surface area contributed by atoms with Crippen molar-refractivity contribution in [3.63, 3.8) is 0 Å². The maximum absolute atomic E-state index is 13.8. The average Bonchev–Trinajstić information content (AvgIpc) is 3.29. The maximum atomic E-state index is 13.8. The highest BCUT2D eigenvalue weighted by Gasteiger charge is 2.95. The highest BCUT2D eigenvalue weighted by Crippen LogP contribution is 2.77. The maximum Gasteiger partial charge on any atom is 0.365 e. The number of aliphatic hydroxyl groups is 6. The first-order valence-electron chi connectivity index (χ1n) is 25.8. The molecule has 0 aromatic carbocycles. The van der Waals surface area contributed by atoms with Crippen LogP contribution in [-0.2, 0) is 66.5 Å². The van der Waals surface area contributed by atoms with E-state index in [4.69, 9.17) is 47.4 Å². The fraction of sp³-hybridized carbons (Fsp3) is 0.923. The highest BCUT2D eigenvalue weighted by atomic mass is 16.9. The van der Waals surface area contributed by atoms with Gasteiger partial charge in [-0.15, -0.1) is 0 Å². The first-order valence-corrected chi connectivity index (χ1v) is 25.8. The number of aliphatic hydroxyl groups excluding tert-OH is 2. The predicted molar refractivity (Wildman–Crippen MR) is 259 cm³/mol. The summed E-state index contributed by atoms with van der Waals surface area (Å²) in [4.78, 5) is 53.1. The van der Waals surface area contributed by atoms with E-state index in [0.717, 1.165) is 0 Å². The lowest BCUT2D eigenvalue weighted by atomic mass is 9.33. The highest BCUT2D eigenvalue weighted by molar-refractivity contribution is 5.81. The predicted octanol–water partition coefficient (Wildman–Crippen LogP) is 0.206. The van der Waals surface area contributed by atoms with Crippen molar-refractivity contribution in [3.8, 4) is 0 Å². The number of methoxy groups -OCH3 is 1. The molecule has 12 rings (SSSR count). The van der Waals surface area contributed by atoms with Gasteiger partial charge in [0.2, 0.25) is 23.4 Å². The number of hydrogen-bond acceptors (Lipinski definition) is 20. The van der Waals surface area contributed by atoms with Crippen LogP contribution in [-0.4, -0.2) is 208 Å². The number of fused-ring (bicyclic) bond motifs is 8. The van der Waals surface area contributed by atoms with E-state index in [0.29, 0.717) is 0 Å². The van der Waals surface area contributed by atoms with E-state index in [-0.39, 0.29) is 6.61 Å². The normalized spacial score (nSPS) is 59.2. The zero-order valence-electron chi connectivity index (χ0n) is 47.7. The van der Waals surface area contributed by atoms with Crippen LogP contribution < -0.4 is 10.6 Å². The number of carbonyl (C=O) groups excluding carboxylic acids is 2. The molecule has 434 valence electrons. The molecule has 0 aromatic rings. The van der Waals surface area contributed by atoms with Gasteiger partial charge in [-0.2, -0.15) is 0 Å². The number of nitrogens with one attached hydrogen (secondary N) is 2. The van der Waals surface area contributed by atoms with Crippen LogP contribution in [0.4, 0.5) is 0 Å². The smallest absolute Gasteiger partial charge is 0.365 e. The van der Waals surface area contributed by atoms with Crippen LogP contribution in [0.25, 0.3) is 0 Å². The van der Waals surface area contributed by atoms with Gasteiger partial charge in [-0.05, 0) is 96.9 Å². The Labute approximate surface area is 443 Å². The largest absolute Gasteiger partial charge is 0.477 e. The molecule has 76 heavy (non-hydrogen) atoms.